The first-order valence-corrected chi connectivity index (χ1v) is 16.1. The number of fused-ring (bicyclic) bond motifs is 2. The van der Waals surface area contributed by atoms with Gasteiger partial charge >= 0.3 is 0 Å². The highest BCUT2D eigenvalue weighted by atomic mass is 32.1. The number of benzene rings is 1. The summed E-state index contributed by atoms with van der Waals surface area (Å²) in [6.07, 6.45) is 1.29. The van der Waals surface area contributed by atoms with Crippen LogP contribution < -0.4 is 15.6 Å². The van der Waals surface area contributed by atoms with Gasteiger partial charge in [0.1, 0.15) is 41.2 Å². The second-order valence-corrected chi connectivity index (χ2v) is 11.3. The normalized spacial score (nSPS) is 13.9. The first-order chi connectivity index (χ1) is 22.8. The molecule has 13 heteroatoms. The van der Waals surface area contributed by atoms with Crippen LogP contribution in [0.1, 0.15) is 38.2 Å². The number of amides is 1. The Morgan fingerprint density at radius 1 is 1.17 bits per heavy atom. The van der Waals surface area contributed by atoms with E-state index in [1.165, 1.54) is 30.6 Å². The van der Waals surface area contributed by atoms with Crippen molar-refractivity contribution in [2.24, 2.45) is 0 Å². The van der Waals surface area contributed by atoms with Crippen LogP contribution in [0.2, 0.25) is 0 Å². The predicted octanol–water partition coefficient (Wildman–Crippen LogP) is 6.55. The molecule has 0 fully saturated rings. The van der Waals surface area contributed by atoms with Gasteiger partial charge in [-0.1, -0.05) is 26.5 Å². The smallest absolute Gasteiger partial charge is 0.248 e. The van der Waals surface area contributed by atoms with Crippen LogP contribution >= 0.6 is 11.3 Å². The van der Waals surface area contributed by atoms with Gasteiger partial charge in [-0.25, -0.2) is 13.8 Å². The highest BCUT2D eigenvalue weighted by molar-refractivity contribution is 7.18. The number of carbonyl (C=O) groups is 1. The molecule has 1 aliphatic rings. The van der Waals surface area contributed by atoms with Gasteiger partial charge in [0, 0.05) is 53.2 Å². The summed E-state index contributed by atoms with van der Waals surface area (Å²) in [4.78, 5) is 33.9. The Balaban J connectivity index is 0.00000213. The highest BCUT2D eigenvalue weighted by Crippen LogP contribution is 2.46. The molecule has 4 aromatic heterocycles. The van der Waals surface area contributed by atoms with Crippen LogP contribution in [0.15, 0.2) is 65.3 Å². The average molecular weight is 663 g/mol. The molecule has 0 radical (unpaired) electrons. The molecule has 0 bridgehead atoms. The molecular weight excluding hydrogens is 626 g/mol. The number of hydrogen-bond acceptors (Lipinski definition) is 8. The van der Waals surface area contributed by atoms with Gasteiger partial charge in [-0.05, 0) is 36.6 Å². The third-order valence-corrected chi connectivity index (χ3v) is 8.59. The number of ether oxygens (including phenoxy) is 2. The van der Waals surface area contributed by atoms with Crippen molar-refractivity contribution in [2.75, 3.05) is 32.2 Å². The van der Waals surface area contributed by atoms with E-state index in [-0.39, 0.29) is 48.6 Å². The molecular formula is C34H36F2N6O4S. The Kier molecular flexibility index (Phi) is 10.5. The van der Waals surface area contributed by atoms with E-state index in [0.29, 0.717) is 51.6 Å². The van der Waals surface area contributed by atoms with Crippen molar-refractivity contribution < 1.29 is 23.0 Å². The first kappa shape index (κ1) is 33.5. The minimum Gasteiger partial charge on any atom is -0.490 e. The van der Waals surface area contributed by atoms with Crippen molar-refractivity contribution >= 4 is 33.1 Å². The van der Waals surface area contributed by atoms with Crippen molar-refractivity contribution in [3.8, 4) is 28.3 Å². The lowest BCUT2D eigenvalue weighted by molar-refractivity contribution is -0.129. The molecule has 0 spiro atoms. The summed E-state index contributed by atoms with van der Waals surface area (Å²) < 4.78 is 43.9. The quantitative estimate of drug-likeness (QED) is 0.129. The van der Waals surface area contributed by atoms with Gasteiger partial charge in [0.15, 0.2) is 0 Å². The number of H-pyrrole nitrogens is 1. The zero-order valence-corrected chi connectivity index (χ0v) is 27.4. The van der Waals surface area contributed by atoms with E-state index in [4.69, 9.17) is 19.6 Å². The standard InChI is InChI=1S/C32H30F2N6O4S.C2H6/c1-4-27(42)39-9-10-40-24(18(39)2)16-23(38-40)30-29(28-22(34)14-19(33)15-25(28)44-12-11-43-3)31-21(8-13-45-31)32(37-30)35-17-20-6-5-7-26(41)36-20;1-2/h4-8,13-16,18H,1,9-12,17H2,2-3H3,(H,35,37)(H,36,41);1-2H3/t18-;/m1./s1. The molecule has 5 aromatic rings. The van der Waals surface area contributed by atoms with E-state index in [9.17, 15) is 14.0 Å². The molecule has 246 valence electrons. The minimum absolute atomic E-state index is 0.00460. The lowest BCUT2D eigenvalue weighted by atomic mass is 9.98. The Hall–Kier alpha value is -4.88. The van der Waals surface area contributed by atoms with Crippen LogP contribution in [-0.2, 0) is 22.6 Å². The van der Waals surface area contributed by atoms with Gasteiger partial charge in [-0.2, -0.15) is 5.10 Å². The Labute approximate surface area is 274 Å². The molecule has 1 atom stereocenters. The van der Waals surface area contributed by atoms with Crippen molar-refractivity contribution in [1.29, 1.82) is 0 Å². The molecule has 1 aliphatic heterocycles. The monoisotopic (exact) mass is 662 g/mol. The highest BCUT2D eigenvalue weighted by Gasteiger charge is 2.31. The van der Waals surface area contributed by atoms with Gasteiger partial charge in [0.2, 0.25) is 11.5 Å². The fourth-order valence-electron chi connectivity index (χ4n) is 5.53. The zero-order chi connectivity index (χ0) is 33.7. The molecule has 0 aliphatic carbocycles. The van der Waals surface area contributed by atoms with E-state index in [2.05, 4.69) is 16.9 Å². The number of nitrogens with one attached hydrogen (secondary N) is 2. The Bertz CT molecular complexity index is 1970. The number of pyridine rings is 2. The van der Waals surface area contributed by atoms with Gasteiger partial charge in [0.25, 0.3) is 0 Å². The summed E-state index contributed by atoms with van der Waals surface area (Å²) >= 11 is 1.37. The minimum atomic E-state index is -0.817. The molecule has 0 saturated carbocycles. The maximum atomic E-state index is 15.9. The lowest BCUT2D eigenvalue weighted by Gasteiger charge is -2.33. The maximum Gasteiger partial charge on any atom is 0.248 e. The number of rotatable bonds is 10. The Morgan fingerprint density at radius 3 is 2.72 bits per heavy atom. The number of aromatic amines is 1. The third-order valence-electron chi connectivity index (χ3n) is 7.66. The maximum absolute atomic E-state index is 15.9. The second-order valence-electron chi connectivity index (χ2n) is 10.4. The average Bonchev–Trinajstić information content (AvgIpc) is 3.73. The number of thiophene rings is 1. The lowest BCUT2D eigenvalue weighted by Crippen LogP contribution is -2.40. The van der Waals surface area contributed by atoms with Crippen LogP contribution in [-0.4, -0.2) is 57.4 Å². The fourth-order valence-corrected chi connectivity index (χ4v) is 6.48. The summed E-state index contributed by atoms with van der Waals surface area (Å²) in [5, 5.41) is 10.7. The van der Waals surface area contributed by atoms with Crippen LogP contribution in [0.5, 0.6) is 5.75 Å². The summed E-state index contributed by atoms with van der Waals surface area (Å²) in [7, 11) is 1.51. The van der Waals surface area contributed by atoms with Gasteiger partial charge in [-0.15, -0.1) is 11.3 Å². The fraction of sp³-hybridized carbons (Fsp3) is 0.294. The molecule has 5 heterocycles. The van der Waals surface area contributed by atoms with Crippen LogP contribution in [0, 0.1) is 11.6 Å². The number of nitrogens with zero attached hydrogens (tertiary/aromatic N) is 4. The molecule has 0 unspecified atom stereocenters. The molecule has 2 N–H and O–H groups in total. The van der Waals surface area contributed by atoms with Crippen LogP contribution in [0.3, 0.4) is 0 Å². The third kappa shape index (κ3) is 6.81. The van der Waals surface area contributed by atoms with Crippen LogP contribution in [0.25, 0.3) is 32.6 Å². The molecule has 6 rings (SSSR count). The molecule has 1 amide bonds. The number of anilines is 1. The zero-order valence-electron chi connectivity index (χ0n) is 26.6. The van der Waals surface area contributed by atoms with Crippen molar-refractivity contribution in [3.63, 3.8) is 0 Å². The molecule has 1 aromatic carbocycles. The number of carbonyl (C=O) groups excluding carboxylic acids is 1. The molecule has 0 saturated heterocycles. The largest absolute Gasteiger partial charge is 0.490 e. The predicted molar refractivity (Wildman–Crippen MR) is 180 cm³/mol. The summed E-state index contributed by atoms with van der Waals surface area (Å²) in [6.45, 7) is 11.0. The van der Waals surface area contributed by atoms with E-state index >= 15 is 4.39 Å². The van der Waals surface area contributed by atoms with E-state index < -0.39 is 11.6 Å². The molecule has 10 nitrogen and oxygen atoms in total. The number of halogens is 2. The van der Waals surface area contributed by atoms with Gasteiger partial charge in [0.05, 0.1) is 37.0 Å². The van der Waals surface area contributed by atoms with E-state index in [1.54, 1.807) is 17.0 Å². The number of methoxy groups -OCH3 is 1. The van der Waals surface area contributed by atoms with Crippen molar-refractivity contribution in [2.45, 2.75) is 39.9 Å². The summed E-state index contributed by atoms with van der Waals surface area (Å²) in [6, 6.07) is 10.2. The van der Waals surface area contributed by atoms with Crippen molar-refractivity contribution in [1.82, 2.24) is 24.6 Å². The first-order valence-electron chi connectivity index (χ1n) is 15.2. The topological polar surface area (TPSA) is 114 Å². The summed E-state index contributed by atoms with van der Waals surface area (Å²) in [5.74, 6) is -1.30. The van der Waals surface area contributed by atoms with E-state index in [0.717, 1.165) is 17.8 Å². The Morgan fingerprint density at radius 2 is 1.98 bits per heavy atom. The number of aromatic nitrogens is 4. The number of hydrogen-bond donors (Lipinski definition) is 2. The summed E-state index contributed by atoms with van der Waals surface area (Å²) in [5.41, 5.74) is 2.42. The van der Waals surface area contributed by atoms with Gasteiger partial charge < -0.3 is 24.7 Å². The molecule has 47 heavy (non-hydrogen) atoms. The van der Waals surface area contributed by atoms with Gasteiger partial charge in [-0.3, -0.25) is 14.3 Å². The SMILES string of the molecule is C=CC(=O)N1CCn2nc(-c3nc(NCc4cccc(=O)[nH]4)c4ccsc4c3-c3c(F)cc(F)cc3OCCOC)cc2[C@H]1C.CC. The second kappa shape index (κ2) is 14.7. The van der Waals surface area contributed by atoms with E-state index in [1.807, 2.05) is 43.0 Å². The van der Waals surface area contributed by atoms with Crippen LogP contribution in [0.4, 0.5) is 14.6 Å². The van der Waals surface area contributed by atoms with Crippen molar-refractivity contribution in [3.05, 3.63) is 93.9 Å².